The second kappa shape index (κ2) is 7.38. The Labute approximate surface area is 157 Å². The number of ether oxygens (including phenoxy) is 1. The molecule has 1 heterocycles. The minimum atomic E-state index is -0.383. The molecule has 1 N–H and O–H groups in total. The van der Waals surface area contributed by atoms with Gasteiger partial charge in [-0.25, -0.2) is 0 Å². The number of halogens is 1. The van der Waals surface area contributed by atoms with Gasteiger partial charge in [-0.05, 0) is 43.5 Å². The van der Waals surface area contributed by atoms with E-state index in [0.717, 1.165) is 23.2 Å². The summed E-state index contributed by atoms with van der Waals surface area (Å²) in [4.78, 5) is 26.8. The zero-order chi connectivity index (χ0) is 18.8. The van der Waals surface area contributed by atoms with Gasteiger partial charge in [-0.15, -0.1) is 0 Å². The zero-order valence-electron chi connectivity index (χ0n) is 15.0. The molecule has 1 aliphatic rings. The van der Waals surface area contributed by atoms with Crippen LogP contribution in [0.5, 0.6) is 5.75 Å². The van der Waals surface area contributed by atoms with Crippen LogP contribution >= 0.6 is 11.6 Å². The number of anilines is 2. The fraction of sp³-hybridized carbons (Fsp3) is 0.300. The molecule has 3 rings (SSSR count). The number of benzene rings is 2. The molecule has 0 spiro atoms. The molecule has 0 fully saturated rings. The van der Waals surface area contributed by atoms with E-state index >= 15 is 0 Å². The summed E-state index contributed by atoms with van der Waals surface area (Å²) in [7, 11) is 1.50. The highest BCUT2D eigenvalue weighted by Crippen LogP contribution is 2.33. The fourth-order valence-corrected chi connectivity index (χ4v) is 3.45. The summed E-state index contributed by atoms with van der Waals surface area (Å²) >= 11 is 6.08. The predicted molar refractivity (Wildman–Crippen MR) is 103 cm³/mol. The first-order valence-corrected chi connectivity index (χ1v) is 8.82. The van der Waals surface area contributed by atoms with Gasteiger partial charge in [-0.3, -0.25) is 9.59 Å². The number of nitrogens with zero attached hydrogens (tertiary/aromatic N) is 1. The number of hydrogen-bond donors (Lipinski definition) is 1. The van der Waals surface area contributed by atoms with Gasteiger partial charge >= 0.3 is 0 Å². The van der Waals surface area contributed by atoms with Crippen LogP contribution < -0.4 is 15.0 Å². The van der Waals surface area contributed by atoms with E-state index < -0.39 is 0 Å². The van der Waals surface area contributed by atoms with Crippen molar-refractivity contribution in [3.8, 4) is 5.75 Å². The third-order valence-corrected chi connectivity index (χ3v) is 4.95. The molecule has 0 saturated heterocycles. The summed E-state index contributed by atoms with van der Waals surface area (Å²) < 4.78 is 5.26. The fourth-order valence-electron chi connectivity index (χ4n) is 3.29. The maximum absolute atomic E-state index is 12.7. The number of hydrogen-bond acceptors (Lipinski definition) is 3. The van der Waals surface area contributed by atoms with Gasteiger partial charge in [0.25, 0.3) is 0 Å². The van der Waals surface area contributed by atoms with E-state index in [1.807, 2.05) is 38.1 Å². The Morgan fingerprint density at radius 3 is 2.77 bits per heavy atom. The number of para-hydroxylation sites is 1. The van der Waals surface area contributed by atoms with Gasteiger partial charge in [0.2, 0.25) is 11.8 Å². The molecule has 0 radical (unpaired) electrons. The van der Waals surface area contributed by atoms with Crippen molar-refractivity contribution in [2.75, 3.05) is 17.3 Å². The summed E-state index contributed by atoms with van der Waals surface area (Å²) in [6.45, 7) is 3.83. The van der Waals surface area contributed by atoms with E-state index in [4.69, 9.17) is 16.3 Å². The monoisotopic (exact) mass is 372 g/mol. The van der Waals surface area contributed by atoms with E-state index in [0.29, 0.717) is 16.5 Å². The van der Waals surface area contributed by atoms with E-state index in [-0.39, 0.29) is 24.3 Å². The highest BCUT2D eigenvalue weighted by Gasteiger charge is 2.31. The Morgan fingerprint density at radius 2 is 2.04 bits per heavy atom. The number of aryl methyl sites for hydroxylation is 1. The van der Waals surface area contributed by atoms with Crippen LogP contribution in [0.15, 0.2) is 36.4 Å². The minimum Gasteiger partial charge on any atom is -0.495 e. The lowest BCUT2D eigenvalue weighted by atomic mass is 10.1. The van der Waals surface area contributed by atoms with Gasteiger partial charge in [-0.1, -0.05) is 29.8 Å². The van der Waals surface area contributed by atoms with Crippen molar-refractivity contribution in [2.45, 2.75) is 32.7 Å². The van der Waals surface area contributed by atoms with Gasteiger partial charge in [-0.2, -0.15) is 0 Å². The summed E-state index contributed by atoms with van der Waals surface area (Å²) in [6, 6.07) is 11.2. The lowest BCUT2D eigenvalue weighted by Crippen LogP contribution is -2.37. The zero-order valence-corrected chi connectivity index (χ0v) is 15.8. The van der Waals surface area contributed by atoms with Crippen LogP contribution in [-0.4, -0.2) is 25.0 Å². The third kappa shape index (κ3) is 3.53. The predicted octanol–water partition coefficient (Wildman–Crippen LogP) is 3.96. The smallest absolute Gasteiger partial charge is 0.236 e. The van der Waals surface area contributed by atoms with Crippen molar-refractivity contribution in [3.63, 3.8) is 0 Å². The number of methoxy groups -OCH3 is 1. The molecule has 1 unspecified atom stereocenters. The van der Waals surface area contributed by atoms with Crippen molar-refractivity contribution in [1.82, 2.24) is 0 Å². The largest absolute Gasteiger partial charge is 0.495 e. The SMILES string of the molecule is COc1cc(Cl)c(C)cc1NC(=O)CC(=O)N1c2ccccc2CC1C. The average Bonchev–Trinajstić information content (AvgIpc) is 2.93. The summed E-state index contributed by atoms with van der Waals surface area (Å²) in [5.74, 6) is -0.141. The quantitative estimate of drug-likeness (QED) is 0.826. The first kappa shape index (κ1) is 18.3. The van der Waals surface area contributed by atoms with Crippen LogP contribution in [0.1, 0.15) is 24.5 Å². The van der Waals surface area contributed by atoms with Gasteiger partial charge < -0.3 is 15.0 Å². The molecule has 0 saturated carbocycles. The summed E-state index contributed by atoms with van der Waals surface area (Å²) in [5, 5.41) is 3.31. The molecule has 5 nitrogen and oxygen atoms in total. The van der Waals surface area contributed by atoms with Crippen molar-refractivity contribution >= 4 is 34.8 Å². The van der Waals surface area contributed by atoms with Crippen molar-refractivity contribution in [1.29, 1.82) is 0 Å². The number of nitrogens with one attached hydrogen (secondary N) is 1. The normalized spacial score (nSPS) is 15.5. The standard InChI is InChI=1S/C20H21ClN2O3/c1-12-8-16(18(26-3)10-15(12)21)22-19(24)11-20(25)23-13(2)9-14-6-4-5-7-17(14)23/h4-8,10,13H,9,11H2,1-3H3,(H,22,24). The first-order valence-electron chi connectivity index (χ1n) is 8.44. The van der Waals surface area contributed by atoms with E-state index in [1.165, 1.54) is 7.11 Å². The second-order valence-electron chi connectivity index (χ2n) is 6.47. The molecule has 2 amide bonds. The van der Waals surface area contributed by atoms with Crippen LogP contribution in [0.2, 0.25) is 5.02 Å². The van der Waals surface area contributed by atoms with Crippen LogP contribution in [0.25, 0.3) is 0 Å². The molecule has 2 aromatic rings. The molecule has 0 aliphatic carbocycles. The third-order valence-electron chi connectivity index (χ3n) is 4.54. The van der Waals surface area contributed by atoms with E-state index in [9.17, 15) is 9.59 Å². The molecular formula is C20H21ClN2O3. The minimum absolute atomic E-state index is 0.0417. The number of rotatable bonds is 4. The van der Waals surface area contributed by atoms with E-state index in [1.54, 1.807) is 17.0 Å². The van der Waals surface area contributed by atoms with Gasteiger partial charge in [0, 0.05) is 22.8 Å². The van der Waals surface area contributed by atoms with E-state index in [2.05, 4.69) is 5.32 Å². The van der Waals surface area contributed by atoms with Gasteiger partial charge in [0.1, 0.15) is 12.2 Å². The van der Waals surface area contributed by atoms with Crippen LogP contribution in [0, 0.1) is 6.92 Å². The van der Waals surface area contributed by atoms with Crippen molar-refractivity contribution in [2.24, 2.45) is 0 Å². The molecule has 6 heteroatoms. The number of carbonyl (C=O) groups is 2. The maximum Gasteiger partial charge on any atom is 0.236 e. The average molecular weight is 373 g/mol. The van der Waals surface area contributed by atoms with Crippen molar-refractivity contribution in [3.05, 3.63) is 52.5 Å². The first-order chi connectivity index (χ1) is 12.4. The molecule has 0 bridgehead atoms. The Morgan fingerprint density at radius 1 is 1.31 bits per heavy atom. The van der Waals surface area contributed by atoms with Gasteiger partial charge in [0.15, 0.2) is 0 Å². The lowest BCUT2D eigenvalue weighted by molar-refractivity contribution is -0.125. The number of fused-ring (bicyclic) bond motifs is 1. The van der Waals surface area contributed by atoms with Crippen LogP contribution in [-0.2, 0) is 16.0 Å². The van der Waals surface area contributed by atoms with Crippen LogP contribution in [0.3, 0.4) is 0 Å². The Balaban J connectivity index is 1.73. The Kier molecular flexibility index (Phi) is 5.18. The highest BCUT2D eigenvalue weighted by atomic mass is 35.5. The van der Waals surface area contributed by atoms with Crippen LogP contribution in [0.4, 0.5) is 11.4 Å². The molecule has 1 aliphatic heterocycles. The summed E-state index contributed by atoms with van der Waals surface area (Å²) in [6.07, 6.45) is 0.567. The Hall–Kier alpha value is -2.53. The second-order valence-corrected chi connectivity index (χ2v) is 6.88. The molecule has 2 aromatic carbocycles. The summed E-state index contributed by atoms with van der Waals surface area (Å²) in [5.41, 5.74) is 3.33. The topological polar surface area (TPSA) is 58.6 Å². The highest BCUT2D eigenvalue weighted by molar-refractivity contribution is 6.31. The molecule has 1 atom stereocenters. The number of amides is 2. The number of carbonyl (C=O) groups excluding carboxylic acids is 2. The lowest BCUT2D eigenvalue weighted by Gasteiger charge is -2.22. The Bertz CT molecular complexity index is 866. The molecule has 136 valence electrons. The molecule has 26 heavy (non-hydrogen) atoms. The van der Waals surface area contributed by atoms with Gasteiger partial charge in [0.05, 0.1) is 12.8 Å². The molecular weight excluding hydrogens is 352 g/mol. The van der Waals surface area contributed by atoms with Crippen molar-refractivity contribution < 1.29 is 14.3 Å². The maximum atomic E-state index is 12.7. The molecule has 0 aromatic heterocycles.